The molecule has 5 heteroatoms. The lowest BCUT2D eigenvalue weighted by Crippen LogP contribution is -2.33. The fourth-order valence-electron chi connectivity index (χ4n) is 1.92. The fraction of sp³-hybridized carbons (Fsp3) is 0.889. The van der Waals surface area contributed by atoms with Gasteiger partial charge in [-0.05, 0) is 18.8 Å². The van der Waals surface area contributed by atoms with Crippen molar-refractivity contribution in [2.75, 3.05) is 5.75 Å². The first-order valence-corrected chi connectivity index (χ1v) is 6.49. The maximum Gasteiger partial charge on any atom is 0.235 e. The molecule has 0 aromatic carbocycles. The van der Waals surface area contributed by atoms with Crippen LogP contribution in [0, 0.1) is 5.92 Å². The van der Waals surface area contributed by atoms with E-state index in [0.29, 0.717) is 12.8 Å². The van der Waals surface area contributed by atoms with Crippen LogP contribution in [0.2, 0.25) is 0 Å². The number of carbonyl (C=O) groups excluding carboxylic acids is 1. The molecule has 0 spiro atoms. The molecule has 1 heterocycles. The zero-order chi connectivity index (χ0) is 10.8. The van der Waals surface area contributed by atoms with E-state index < -0.39 is 21.1 Å². The van der Waals surface area contributed by atoms with Crippen molar-refractivity contribution in [3.63, 3.8) is 0 Å². The Hall–Kier alpha value is -0.670. The number of isocyanates is 1. The molecule has 2 unspecified atom stereocenters. The Kier molecular flexibility index (Phi) is 3.45. The molecule has 0 radical (unpaired) electrons. The van der Waals surface area contributed by atoms with Gasteiger partial charge < -0.3 is 0 Å². The predicted octanol–water partition coefficient (Wildman–Crippen LogP) is 0.924. The summed E-state index contributed by atoms with van der Waals surface area (Å²) in [6, 6.07) is -0.417. The van der Waals surface area contributed by atoms with E-state index in [1.165, 1.54) is 6.08 Å². The summed E-state index contributed by atoms with van der Waals surface area (Å²) >= 11 is 0. The number of hydrogen-bond acceptors (Lipinski definition) is 4. The summed E-state index contributed by atoms with van der Waals surface area (Å²) in [5.41, 5.74) is 0. The van der Waals surface area contributed by atoms with Crippen LogP contribution in [0.1, 0.15) is 26.7 Å². The highest BCUT2D eigenvalue weighted by atomic mass is 32.2. The standard InChI is InChI=1S/C9H15NO3S/c1-7(2)9(10-6-11)8-4-3-5-14(8,12)13/h7-9H,3-5H2,1-2H3. The summed E-state index contributed by atoms with van der Waals surface area (Å²) in [5.74, 6) is 0.296. The van der Waals surface area contributed by atoms with Gasteiger partial charge in [0.15, 0.2) is 9.84 Å². The van der Waals surface area contributed by atoms with Crippen LogP contribution >= 0.6 is 0 Å². The topological polar surface area (TPSA) is 63.6 Å². The molecule has 0 saturated carbocycles. The highest BCUT2D eigenvalue weighted by Gasteiger charge is 2.38. The molecule has 1 aliphatic heterocycles. The van der Waals surface area contributed by atoms with E-state index in [1.54, 1.807) is 0 Å². The van der Waals surface area contributed by atoms with Crippen molar-refractivity contribution in [2.24, 2.45) is 10.9 Å². The molecule has 0 amide bonds. The second-order valence-corrected chi connectivity index (χ2v) is 6.34. The van der Waals surface area contributed by atoms with Gasteiger partial charge in [-0.2, -0.15) is 0 Å². The van der Waals surface area contributed by atoms with Gasteiger partial charge in [-0.25, -0.2) is 18.2 Å². The molecule has 14 heavy (non-hydrogen) atoms. The highest BCUT2D eigenvalue weighted by molar-refractivity contribution is 7.92. The van der Waals surface area contributed by atoms with Crippen LogP contribution in [-0.4, -0.2) is 31.5 Å². The Balaban J connectivity index is 2.94. The van der Waals surface area contributed by atoms with Crippen molar-refractivity contribution < 1.29 is 13.2 Å². The fourth-order valence-corrected chi connectivity index (χ4v) is 4.12. The molecular weight excluding hydrogens is 202 g/mol. The van der Waals surface area contributed by atoms with Crippen molar-refractivity contribution >= 4 is 15.9 Å². The molecular formula is C9H15NO3S. The second kappa shape index (κ2) is 4.24. The number of nitrogens with zero attached hydrogens (tertiary/aromatic N) is 1. The van der Waals surface area contributed by atoms with Crippen molar-refractivity contribution in [1.82, 2.24) is 0 Å². The predicted molar refractivity (Wildman–Crippen MR) is 53.6 cm³/mol. The van der Waals surface area contributed by atoms with E-state index in [1.807, 2.05) is 13.8 Å². The van der Waals surface area contributed by atoms with Crippen LogP contribution in [0.3, 0.4) is 0 Å². The molecule has 4 nitrogen and oxygen atoms in total. The third-order valence-electron chi connectivity index (χ3n) is 2.64. The SMILES string of the molecule is CC(C)C(N=C=O)C1CCCS1(=O)=O. The van der Waals surface area contributed by atoms with Gasteiger partial charge in [0.05, 0.1) is 17.0 Å². The Labute approximate surface area is 84.3 Å². The van der Waals surface area contributed by atoms with Crippen molar-refractivity contribution in [3.8, 4) is 0 Å². The number of rotatable bonds is 3. The van der Waals surface area contributed by atoms with E-state index in [0.717, 1.165) is 0 Å². The van der Waals surface area contributed by atoms with Gasteiger partial charge in [-0.15, -0.1) is 0 Å². The number of hydrogen-bond donors (Lipinski definition) is 0. The quantitative estimate of drug-likeness (QED) is 0.521. The van der Waals surface area contributed by atoms with Crippen molar-refractivity contribution in [2.45, 2.75) is 38.0 Å². The first kappa shape index (κ1) is 11.4. The minimum absolute atomic E-state index is 0.0642. The van der Waals surface area contributed by atoms with Crippen LogP contribution in [0.5, 0.6) is 0 Å². The van der Waals surface area contributed by atoms with Crippen LogP contribution in [0.4, 0.5) is 0 Å². The van der Waals surface area contributed by atoms with Crippen LogP contribution in [0.15, 0.2) is 4.99 Å². The highest BCUT2D eigenvalue weighted by Crippen LogP contribution is 2.28. The molecule has 1 aliphatic rings. The minimum Gasteiger partial charge on any atom is -0.228 e. The van der Waals surface area contributed by atoms with E-state index in [-0.39, 0.29) is 11.7 Å². The first-order chi connectivity index (χ1) is 6.49. The summed E-state index contributed by atoms with van der Waals surface area (Å²) in [6.07, 6.45) is 2.78. The molecule has 1 saturated heterocycles. The largest absolute Gasteiger partial charge is 0.235 e. The molecule has 0 aromatic rings. The summed E-state index contributed by atoms with van der Waals surface area (Å²) in [4.78, 5) is 13.8. The Bertz CT molecular complexity index is 341. The maximum absolute atomic E-state index is 11.6. The number of aliphatic imine (C=N–C) groups is 1. The van der Waals surface area contributed by atoms with Gasteiger partial charge in [0.25, 0.3) is 0 Å². The normalized spacial score (nSPS) is 27.2. The zero-order valence-corrected chi connectivity index (χ0v) is 9.25. The molecule has 1 rings (SSSR count). The summed E-state index contributed by atoms with van der Waals surface area (Å²) in [6.45, 7) is 3.75. The molecule has 0 N–H and O–H groups in total. The monoisotopic (exact) mass is 217 g/mol. The van der Waals surface area contributed by atoms with Crippen molar-refractivity contribution in [3.05, 3.63) is 0 Å². The smallest absolute Gasteiger partial charge is 0.228 e. The van der Waals surface area contributed by atoms with Crippen LogP contribution in [-0.2, 0) is 14.6 Å². The van der Waals surface area contributed by atoms with Gasteiger partial charge in [-0.1, -0.05) is 13.8 Å². The van der Waals surface area contributed by atoms with Gasteiger partial charge >= 0.3 is 0 Å². The third kappa shape index (κ3) is 2.22. The Morgan fingerprint density at radius 2 is 2.07 bits per heavy atom. The lowest BCUT2D eigenvalue weighted by molar-refractivity contribution is 0.452. The van der Waals surface area contributed by atoms with E-state index in [9.17, 15) is 13.2 Å². The summed E-state index contributed by atoms with van der Waals surface area (Å²) in [5, 5.41) is -0.469. The minimum atomic E-state index is -3.03. The van der Waals surface area contributed by atoms with Crippen molar-refractivity contribution in [1.29, 1.82) is 0 Å². The molecule has 0 aliphatic carbocycles. The lowest BCUT2D eigenvalue weighted by Gasteiger charge is -2.20. The van der Waals surface area contributed by atoms with Crippen LogP contribution in [0.25, 0.3) is 0 Å². The molecule has 80 valence electrons. The molecule has 0 bridgehead atoms. The van der Waals surface area contributed by atoms with Gasteiger partial charge in [0.2, 0.25) is 6.08 Å². The van der Waals surface area contributed by atoms with Gasteiger partial charge in [-0.3, -0.25) is 0 Å². The second-order valence-electron chi connectivity index (χ2n) is 4.00. The Morgan fingerprint density at radius 1 is 1.43 bits per heavy atom. The van der Waals surface area contributed by atoms with E-state index in [2.05, 4.69) is 4.99 Å². The first-order valence-electron chi connectivity index (χ1n) is 4.77. The molecule has 1 fully saturated rings. The van der Waals surface area contributed by atoms with Crippen LogP contribution < -0.4 is 0 Å². The summed E-state index contributed by atoms with van der Waals surface area (Å²) < 4.78 is 23.2. The van der Waals surface area contributed by atoms with Gasteiger partial charge in [0, 0.05) is 0 Å². The van der Waals surface area contributed by atoms with Gasteiger partial charge in [0.1, 0.15) is 0 Å². The average molecular weight is 217 g/mol. The average Bonchev–Trinajstić information content (AvgIpc) is 2.40. The maximum atomic E-state index is 11.6. The Morgan fingerprint density at radius 3 is 2.43 bits per heavy atom. The third-order valence-corrected chi connectivity index (χ3v) is 4.94. The summed E-state index contributed by atoms with van der Waals surface area (Å²) in [7, 11) is -3.03. The number of sulfone groups is 1. The molecule has 2 atom stereocenters. The van der Waals surface area contributed by atoms with E-state index in [4.69, 9.17) is 0 Å². The molecule has 0 aromatic heterocycles. The van der Waals surface area contributed by atoms with E-state index >= 15 is 0 Å². The lowest BCUT2D eigenvalue weighted by atomic mass is 9.99. The zero-order valence-electron chi connectivity index (χ0n) is 8.43.